The summed E-state index contributed by atoms with van der Waals surface area (Å²) in [7, 11) is 2.12. The highest BCUT2D eigenvalue weighted by molar-refractivity contribution is 7.13. The van der Waals surface area contributed by atoms with E-state index < -0.39 is 0 Å². The van der Waals surface area contributed by atoms with Crippen molar-refractivity contribution in [3.63, 3.8) is 0 Å². The van der Waals surface area contributed by atoms with Crippen LogP contribution >= 0.6 is 11.3 Å². The minimum atomic E-state index is 0.289. The highest BCUT2D eigenvalue weighted by Crippen LogP contribution is 2.11. The minimum absolute atomic E-state index is 0.289. The van der Waals surface area contributed by atoms with Crippen LogP contribution in [-0.4, -0.2) is 49.3 Å². The second-order valence-electron chi connectivity index (χ2n) is 3.47. The van der Waals surface area contributed by atoms with Crippen molar-refractivity contribution in [2.45, 2.75) is 6.10 Å². The lowest BCUT2D eigenvalue weighted by Gasteiger charge is -2.29. The maximum absolute atomic E-state index is 5.62. The highest BCUT2D eigenvalue weighted by Gasteiger charge is 2.17. The summed E-state index contributed by atoms with van der Waals surface area (Å²) in [5, 5.41) is 6.21. The van der Waals surface area contributed by atoms with E-state index in [1.807, 2.05) is 5.38 Å². The number of likely N-dealkylation sites (N-methyl/N-ethyl adjacent to an activating group) is 1. The van der Waals surface area contributed by atoms with E-state index >= 15 is 0 Å². The summed E-state index contributed by atoms with van der Waals surface area (Å²) in [6.45, 7) is 3.71. The molecule has 2 rings (SSSR count). The van der Waals surface area contributed by atoms with Crippen LogP contribution in [0.3, 0.4) is 0 Å². The van der Waals surface area contributed by atoms with Gasteiger partial charge in [0.15, 0.2) is 5.13 Å². The molecule has 5 heteroatoms. The number of nitrogens with one attached hydrogen (secondary N) is 1. The van der Waals surface area contributed by atoms with Crippen LogP contribution in [0.5, 0.6) is 0 Å². The van der Waals surface area contributed by atoms with Crippen LogP contribution < -0.4 is 5.32 Å². The Balaban J connectivity index is 1.75. The molecule has 0 amide bonds. The zero-order valence-corrected chi connectivity index (χ0v) is 9.09. The molecule has 14 heavy (non-hydrogen) atoms. The molecular weight excluding hydrogens is 198 g/mol. The van der Waals surface area contributed by atoms with E-state index in [0.717, 1.165) is 31.4 Å². The normalized spacial score (nSPS) is 23.6. The molecule has 0 unspecified atom stereocenters. The van der Waals surface area contributed by atoms with Crippen molar-refractivity contribution in [2.75, 3.05) is 38.6 Å². The molecule has 0 spiro atoms. The van der Waals surface area contributed by atoms with Crippen molar-refractivity contribution in [2.24, 2.45) is 0 Å². The fourth-order valence-corrected chi connectivity index (χ4v) is 2.04. The van der Waals surface area contributed by atoms with Crippen molar-refractivity contribution in [3.05, 3.63) is 11.6 Å². The number of hydrogen-bond acceptors (Lipinski definition) is 5. The van der Waals surface area contributed by atoms with E-state index in [-0.39, 0.29) is 6.10 Å². The molecule has 1 aliphatic heterocycles. The molecule has 1 N–H and O–H groups in total. The van der Waals surface area contributed by atoms with Crippen LogP contribution in [0.4, 0.5) is 5.13 Å². The van der Waals surface area contributed by atoms with Crippen molar-refractivity contribution in [1.29, 1.82) is 0 Å². The average Bonchev–Trinajstić information content (AvgIpc) is 2.67. The monoisotopic (exact) mass is 213 g/mol. The van der Waals surface area contributed by atoms with Gasteiger partial charge >= 0.3 is 0 Å². The fourth-order valence-electron chi connectivity index (χ4n) is 1.50. The van der Waals surface area contributed by atoms with Gasteiger partial charge in [-0.05, 0) is 7.05 Å². The van der Waals surface area contributed by atoms with Crippen molar-refractivity contribution >= 4 is 16.5 Å². The first kappa shape index (κ1) is 9.89. The molecule has 1 fully saturated rings. The summed E-state index contributed by atoms with van der Waals surface area (Å²) in [6, 6.07) is 0. The number of morpholine rings is 1. The summed E-state index contributed by atoms with van der Waals surface area (Å²) in [4.78, 5) is 6.45. The Hall–Kier alpha value is -0.650. The Bertz CT molecular complexity index is 265. The quantitative estimate of drug-likeness (QED) is 0.809. The zero-order valence-electron chi connectivity index (χ0n) is 8.27. The van der Waals surface area contributed by atoms with E-state index in [2.05, 4.69) is 22.2 Å². The van der Waals surface area contributed by atoms with Crippen LogP contribution in [-0.2, 0) is 4.74 Å². The average molecular weight is 213 g/mol. The number of hydrogen-bond donors (Lipinski definition) is 1. The van der Waals surface area contributed by atoms with Gasteiger partial charge in [-0.3, -0.25) is 0 Å². The summed E-state index contributed by atoms with van der Waals surface area (Å²) < 4.78 is 5.62. The van der Waals surface area contributed by atoms with E-state index in [1.54, 1.807) is 17.5 Å². The maximum Gasteiger partial charge on any atom is 0.182 e. The first-order valence-electron chi connectivity index (χ1n) is 4.78. The van der Waals surface area contributed by atoms with Crippen LogP contribution in [0.1, 0.15) is 0 Å². The van der Waals surface area contributed by atoms with Crippen molar-refractivity contribution in [1.82, 2.24) is 9.88 Å². The lowest BCUT2D eigenvalue weighted by Crippen LogP contribution is -2.43. The van der Waals surface area contributed by atoms with Gasteiger partial charge in [0.25, 0.3) is 0 Å². The summed E-state index contributed by atoms with van der Waals surface area (Å²) in [6.07, 6.45) is 2.10. The largest absolute Gasteiger partial charge is 0.374 e. The molecule has 1 atom stereocenters. The van der Waals surface area contributed by atoms with Crippen molar-refractivity contribution in [3.8, 4) is 0 Å². The van der Waals surface area contributed by atoms with Gasteiger partial charge in [-0.15, -0.1) is 11.3 Å². The highest BCUT2D eigenvalue weighted by atomic mass is 32.1. The number of thiazole rings is 1. The minimum Gasteiger partial charge on any atom is -0.374 e. The molecule has 1 aromatic heterocycles. The number of ether oxygens (including phenoxy) is 1. The van der Waals surface area contributed by atoms with Gasteiger partial charge in [0.1, 0.15) is 0 Å². The van der Waals surface area contributed by atoms with Gasteiger partial charge in [-0.1, -0.05) is 0 Å². The van der Waals surface area contributed by atoms with Gasteiger partial charge in [0.2, 0.25) is 0 Å². The van der Waals surface area contributed by atoms with Gasteiger partial charge in [0.05, 0.1) is 12.7 Å². The number of aromatic nitrogens is 1. The molecule has 78 valence electrons. The smallest absolute Gasteiger partial charge is 0.182 e. The van der Waals surface area contributed by atoms with Crippen LogP contribution in [0.2, 0.25) is 0 Å². The molecule has 0 aliphatic carbocycles. The lowest BCUT2D eigenvalue weighted by atomic mass is 10.3. The third kappa shape index (κ3) is 2.67. The predicted molar refractivity (Wildman–Crippen MR) is 57.8 cm³/mol. The Morgan fingerprint density at radius 1 is 1.79 bits per heavy atom. The van der Waals surface area contributed by atoms with Gasteiger partial charge in [-0.25, -0.2) is 4.98 Å². The third-order valence-corrected chi connectivity index (χ3v) is 2.99. The Morgan fingerprint density at radius 3 is 3.43 bits per heavy atom. The number of rotatable bonds is 3. The Kier molecular flexibility index (Phi) is 3.34. The molecule has 1 aliphatic rings. The van der Waals surface area contributed by atoms with E-state index in [1.165, 1.54) is 0 Å². The summed E-state index contributed by atoms with van der Waals surface area (Å²) in [5.74, 6) is 0. The predicted octanol–water partition coefficient (Wildman–Crippen LogP) is 0.886. The van der Waals surface area contributed by atoms with E-state index in [9.17, 15) is 0 Å². The summed E-state index contributed by atoms with van der Waals surface area (Å²) in [5.41, 5.74) is 0. The molecule has 1 saturated heterocycles. The molecule has 1 aromatic rings. The van der Waals surface area contributed by atoms with Crippen LogP contribution in [0, 0.1) is 0 Å². The van der Waals surface area contributed by atoms with Gasteiger partial charge < -0.3 is 15.0 Å². The molecule has 0 aromatic carbocycles. The van der Waals surface area contributed by atoms with E-state index in [4.69, 9.17) is 4.74 Å². The molecule has 4 nitrogen and oxygen atoms in total. The standard InChI is InChI=1S/C9H15N3OS/c1-12-3-4-13-8(7-12)6-11-9-10-2-5-14-9/h2,5,8H,3-4,6-7H2,1H3,(H,10,11)/t8-/m1/s1. The zero-order chi connectivity index (χ0) is 9.80. The molecular formula is C9H15N3OS. The molecule has 2 heterocycles. The molecule has 0 saturated carbocycles. The topological polar surface area (TPSA) is 37.4 Å². The number of nitrogens with zero attached hydrogens (tertiary/aromatic N) is 2. The third-order valence-electron chi connectivity index (χ3n) is 2.26. The van der Waals surface area contributed by atoms with E-state index in [0.29, 0.717) is 0 Å². The second kappa shape index (κ2) is 4.72. The summed E-state index contributed by atoms with van der Waals surface area (Å²) >= 11 is 1.62. The van der Waals surface area contributed by atoms with Gasteiger partial charge in [0, 0.05) is 31.2 Å². The Labute approximate surface area is 87.9 Å². The maximum atomic E-state index is 5.62. The van der Waals surface area contributed by atoms with Gasteiger partial charge in [-0.2, -0.15) is 0 Å². The number of anilines is 1. The first-order valence-corrected chi connectivity index (χ1v) is 5.66. The lowest BCUT2D eigenvalue weighted by molar-refractivity contribution is -0.0117. The first-order chi connectivity index (χ1) is 6.84. The molecule has 0 radical (unpaired) electrons. The Morgan fingerprint density at radius 2 is 2.71 bits per heavy atom. The molecule has 0 bridgehead atoms. The van der Waals surface area contributed by atoms with Crippen LogP contribution in [0.25, 0.3) is 0 Å². The second-order valence-corrected chi connectivity index (χ2v) is 4.37. The van der Waals surface area contributed by atoms with Crippen molar-refractivity contribution < 1.29 is 4.74 Å². The van der Waals surface area contributed by atoms with Crippen LogP contribution in [0.15, 0.2) is 11.6 Å². The fraction of sp³-hybridized carbons (Fsp3) is 0.667. The SMILES string of the molecule is CN1CCO[C@H](CNc2nccs2)C1.